The van der Waals surface area contributed by atoms with Gasteiger partial charge in [0.15, 0.2) is 0 Å². The predicted octanol–water partition coefficient (Wildman–Crippen LogP) is 4.22. The molecule has 2 aromatic rings. The molecule has 152 valence electrons. The van der Waals surface area contributed by atoms with Crippen LogP contribution in [0.5, 0.6) is 0 Å². The molecule has 2 rings (SSSR count). The summed E-state index contributed by atoms with van der Waals surface area (Å²) in [7, 11) is 1.80. The van der Waals surface area contributed by atoms with Crippen LogP contribution in [0.15, 0.2) is 48.5 Å². The molecule has 7 heteroatoms. The van der Waals surface area contributed by atoms with Gasteiger partial charge in [-0.3, -0.25) is 9.59 Å². The Morgan fingerprint density at radius 3 is 2.43 bits per heavy atom. The maximum atomic E-state index is 13.0. The zero-order valence-corrected chi connectivity index (χ0v) is 17.9. The fourth-order valence-corrected chi connectivity index (χ4v) is 2.93. The number of rotatable bonds is 8. The average Bonchev–Trinajstić information content (AvgIpc) is 2.68. The molecule has 0 saturated heterocycles. The molecule has 0 spiro atoms. The summed E-state index contributed by atoms with van der Waals surface area (Å²) in [6.45, 7) is 5.40. The van der Waals surface area contributed by atoms with Crippen LogP contribution in [0.2, 0.25) is 5.02 Å². The summed E-state index contributed by atoms with van der Waals surface area (Å²) in [6, 6.07) is 14.8. The van der Waals surface area contributed by atoms with Crippen LogP contribution in [0.3, 0.4) is 0 Å². The summed E-state index contributed by atoms with van der Waals surface area (Å²) >= 11 is 6.27. The number of nitrogens with zero attached hydrogens (tertiary/aromatic N) is 1. The molecular formula is C21H27Cl2N3O2. The molecule has 2 amide bonds. The summed E-state index contributed by atoms with van der Waals surface area (Å²) in [4.78, 5) is 26.9. The lowest BCUT2D eigenvalue weighted by molar-refractivity contribution is -0.119. The summed E-state index contributed by atoms with van der Waals surface area (Å²) in [5, 5.41) is 6.19. The highest BCUT2D eigenvalue weighted by Crippen LogP contribution is 2.23. The Bertz CT molecular complexity index is 784. The minimum Gasteiger partial charge on any atom is -0.335 e. The molecule has 0 aromatic heterocycles. The van der Waals surface area contributed by atoms with Crippen molar-refractivity contribution in [2.45, 2.75) is 20.4 Å². The molecular weight excluding hydrogens is 397 g/mol. The lowest BCUT2D eigenvalue weighted by atomic mass is 10.1. The van der Waals surface area contributed by atoms with Gasteiger partial charge in [0, 0.05) is 31.2 Å². The summed E-state index contributed by atoms with van der Waals surface area (Å²) in [5.41, 5.74) is 1.99. The standard InChI is InChI=1S/C21H26ClN3O2.ClH/c1-4-25(14-16-8-6-5-7-9-16)21(27)18-12-17(10-11-19(18)22)24-20(26)15(2)13-23-3;/h5-12,15,23H,4,13-14H2,1-3H3,(H,24,26);1H. The van der Waals surface area contributed by atoms with Crippen LogP contribution in [0.25, 0.3) is 0 Å². The fraction of sp³-hybridized carbons (Fsp3) is 0.333. The van der Waals surface area contributed by atoms with Crippen LogP contribution < -0.4 is 10.6 Å². The number of carbonyl (C=O) groups excluding carboxylic acids is 2. The van der Waals surface area contributed by atoms with Crippen molar-refractivity contribution < 1.29 is 9.59 Å². The van der Waals surface area contributed by atoms with Gasteiger partial charge in [-0.1, -0.05) is 48.9 Å². The van der Waals surface area contributed by atoms with Crippen molar-refractivity contribution in [2.24, 2.45) is 5.92 Å². The van der Waals surface area contributed by atoms with Crippen molar-refractivity contribution in [3.8, 4) is 0 Å². The molecule has 0 bridgehead atoms. The Morgan fingerprint density at radius 2 is 1.82 bits per heavy atom. The maximum Gasteiger partial charge on any atom is 0.255 e. The number of anilines is 1. The Balaban J connectivity index is 0.00000392. The Hall–Kier alpha value is -2.08. The topological polar surface area (TPSA) is 61.4 Å². The second kappa shape index (κ2) is 11.7. The molecule has 0 heterocycles. The number of amides is 2. The number of hydrogen-bond acceptors (Lipinski definition) is 3. The molecule has 2 aromatic carbocycles. The third-order valence-electron chi connectivity index (χ3n) is 4.31. The highest BCUT2D eigenvalue weighted by molar-refractivity contribution is 6.34. The molecule has 0 fully saturated rings. The Kier molecular flexibility index (Phi) is 10.0. The van der Waals surface area contributed by atoms with Crippen molar-refractivity contribution >= 4 is 41.5 Å². The first kappa shape index (κ1) is 24.0. The van der Waals surface area contributed by atoms with Gasteiger partial charge in [-0.05, 0) is 37.7 Å². The van der Waals surface area contributed by atoms with Crippen molar-refractivity contribution in [1.29, 1.82) is 0 Å². The molecule has 0 aliphatic heterocycles. The largest absolute Gasteiger partial charge is 0.335 e. The van der Waals surface area contributed by atoms with Crippen LogP contribution >= 0.6 is 24.0 Å². The lowest BCUT2D eigenvalue weighted by Crippen LogP contribution is -2.31. The van der Waals surface area contributed by atoms with E-state index in [0.29, 0.717) is 35.9 Å². The highest BCUT2D eigenvalue weighted by Gasteiger charge is 2.19. The van der Waals surface area contributed by atoms with E-state index in [2.05, 4.69) is 10.6 Å². The number of carbonyl (C=O) groups is 2. The zero-order valence-electron chi connectivity index (χ0n) is 16.4. The summed E-state index contributed by atoms with van der Waals surface area (Å²) in [6.07, 6.45) is 0. The number of nitrogens with one attached hydrogen (secondary N) is 2. The van der Waals surface area contributed by atoms with Crippen molar-refractivity contribution in [3.05, 3.63) is 64.7 Å². The first-order valence-electron chi connectivity index (χ1n) is 9.04. The smallest absolute Gasteiger partial charge is 0.255 e. The summed E-state index contributed by atoms with van der Waals surface area (Å²) in [5.74, 6) is -0.456. The molecule has 1 atom stereocenters. The number of benzene rings is 2. The molecule has 0 aliphatic rings. The third kappa shape index (κ3) is 6.51. The SMILES string of the molecule is CCN(Cc1ccccc1)C(=O)c1cc(NC(=O)C(C)CNC)ccc1Cl.Cl. The van der Waals surface area contributed by atoms with Gasteiger partial charge in [0.25, 0.3) is 5.91 Å². The average molecular weight is 424 g/mol. The van der Waals surface area contributed by atoms with Crippen LogP contribution in [0.1, 0.15) is 29.8 Å². The van der Waals surface area contributed by atoms with E-state index in [1.165, 1.54) is 0 Å². The van der Waals surface area contributed by atoms with E-state index in [9.17, 15) is 9.59 Å². The van der Waals surface area contributed by atoms with Crippen molar-refractivity contribution in [2.75, 3.05) is 25.5 Å². The van der Waals surface area contributed by atoms with Gasteiger partial charge in [0.1, 0.15) is 0 Å². The third-order valence-corrected chi connectivity index (χ3v) is 4.64. The van der Waals surface area contributed by atoms with Gasteiger partial charge < -0.3 is 15.5 Å². The maximum absolute atomic E-state index is 13.0. The number of hydrogen-bond donors (Lipinski definition) is 2. The fourth-order valence-electron chi connectivity index (χ4n) is 2.73. The first-order valence-corrected chi connectivity index (χ1v) is 9.42. The van der Waals surface area contributed by atoms with E-state index < -0.39 is 0 Å². The van der Waals surface area contributed by atoms with E-state index in [4.69, 9.17) is 11.6 Å². The van der Waals surface area contributed by atoms with E-state index in [1.807, 2.05) is 44.2 Å². The van der Waals surface area contributed by atoms with E-state index >= 15 is 0 Å². The van der Waals surface area contributed by atoms with Crippen molar-refractivity contribution in [1.82, 2.24) is 10.2 Å². The Labute approximate surface area is 177 Å². The first-order chi connectivity index (χ1) is 13.0. The van der Waals surface area contributed by atoms with Crippen LogP contribution in [0, 0.1) is 5.92 Å². The van der Waals surface area contributed by atoms with Crippen LogP contribution in [-0.4, -0.2) is 36.9 Å². The van der Waals surface area contributed by atoms with Gasteiger partial charge in [-0.2, -0.15) is 0 Å². The molecule has 0 saturated carbocycles. The summed E-state index contributed by atoms with van der Waals surface area (Å²) < 4.78 is 0. The molecule has 0 radical (unpaired) electrons. The molecule has 1 unspecified atom stereocenters. The van der Waals surface area contributed by atoms with E-state index in [0.717, 1.165) is 5.56 Å². The van der Waals surface area contributed by atoms with Crippen LogP contribution in [0.4, 0.5) is 5.69 Å². The molecule has 5 nitrogen and oxygen atoms in total. The second-order valence-electron chi connectivity index (χ2n) is 6.45. The quantitative estimate of drug-likeness (QED) is 0.667. The minimum atomic E-state index is -0.185. The monoisotopic (exact) mass is 423 g/mol. The molecule has 0 aliphatic carbocycles. The second-order valence-corrected chi connectivity index (χ2v) is 6.85. The Morgan fingerprint density at radius 1 is 1.14 bits per heavy atom. The zero-order chi connectivity index (χ0) is 19.8. The van der Waals surface area contributed by atoms with Gasteiger partial charge in [0.2, 0.25) is 5.91 Å². The lowest BCUT2D eigenvalue weighted by Gasteiger charge is -2.22. The molecule has 28 heavy (non-hydrogen) atoms. The van der Waals surface area contributed by atoms with E-state index in [-0.39, 0.29) is 30.1 Å². The van der Waals surface area contributed by atoms with Gasteiger partial charge in [-0.25, -0.2) is 0 Å². The molecule has 2 N–H and O–H groups in total. The van der Waals surface area contributed by atoms with Gasteiger partial charge >= 0.3 is 0 Å². The minimum absolute atomic E-state index is 0. The normalized spacial score (nSPS) is 11.3. The van der Waals surface area contributed by atoms with Crippen LogP contribution in [-0.2, 0) is 11.3 Å². The van der Waals surface area contributed by atoms with Crippen molar-refractivity contribution in [3.63, 3.8) is 0 Å². The predicted molar refractivity (Wildman–Crippen MR) is 117 cm³/mol. The number of halogens is 2. The van der Waals surface area contributed by atoms with Gasteiger partial charge in [0.05, 0.1) is 10.6 Å². The van der Waals surface area contributed by atoms with E-state index in [1.54, 1.807) is 30.1 Å². The van der Waals surface area contributed by atoms with Gasteiger partial charge in [-0.15, -0.1) is 12.4 Å². The highest BCUT2D eigenvalue weighted by atomic mass is 35.5.